The third-order valence-electron chi connectivity index (χ3n) is 2.93. The van der Waals surface area contributed by atoms with Crippen molar-refractivity contribution in [2.75, 3.05) is 0 Å². The molecular formula is C14H14N6. The molecule has 0 aliphatic rings. The van der Waals surface area contributed by atoms with Gasteiger partial charge in [0.05, 0.1) is 17.6 Å². The molecule has 0 aliphatic heterocycles. The molecule has 0 saturated heterocycles. The molecule has 20 heavy (non-hydrogen) atoms. The molecule has 0 bridgehead atoms. The predicted octanol–water partition coefficient (Wildman–Crippen LogP) is 1.55. The Bertz CT molecular complexity index is 650. The lowest BCUT2D eigenvalue weighted by Gasteiger charge is -2.05. The van der Waals surface area contributed by atoms with Gasteiger partial charge < -0.3 is 5.32 Å². The van der Waals surface area contributed by atoms with Gasteiger partial charge in [-0.3, -0.25) is 10.1 Å². The minimum Gasteiger partial charge on any atom is -0.307 e. The summed E-state index contributed by atoms with van der Waals surface area (Å²) in [4.78, 5) is 12.2. The van der Waals surface area contributed by atoms with Crippen LogP contribution >= 0.6 is 0 Å². The minimum atomic E-state index is 0.695. The Morgan fingerprint density at radius 1 is 1.05 bits per heavy atom. The molecule has 0 saturated carbocycles. The largest absolute Gasteiger partial charge is 0.307 e. The molecule has 100 valence electrons. The number of hydrogen-bond acceptors (Lipinski definition) is 5. The lowest BCUT2D eigenvalue weighted by molar-refractivity contribution is 0.679. The van der Waals surface area contributed by atoms with Crippen molar-refractivity contribution >= 4 is 0 Å². The summed E-state index contributed by atoms with van der Waals surface area (Å²) >= 11 is 0. The van der Waals surface area contributed by atoms with E-state index in [-0.39, 0.29) is 0 Å². The second-order valence-corrected chi connectivity index (χ2v) is 4.32. The van der Waals surface area contributed by atoms with E-state index in [9.17, 15) is 0 Å². The normalized spacial score (nSPS) is 10.6. The van der Waals surface area contributed by atoms with Gasteiger partial charge in [-0.05, 0) is 18.2 Å². The van der Waals surface area contributed by atoms with Crippen molar-refractivity contribution in [3.05, 3.63) is 60.6 Å². The van der Waals surface area contributed by atoms with E-state index in [1.54, 1.807) is 18.7 Å². The fourth-order valence-electron chi connectivity index (χ4n) is 1.95. The molecule has 0 fully saturated rings. The van der Waals surface area contributed by atoms with E-state index in [0.717, 1.165) is 22.5 Å². The molecule has 0 spiro atoms. The van der Waals surface area contributed by atoms with Crippen LogP contribution in [0.2, 0.25) is 0 Å². The molecule has 0 amide bonds. The van der Waals surface area contributed by atoms with Crippen LogP contribution in [0.4, 0.5) is 0 Å². The van der Waals surface area contributed by atoms with Crippen LogP contribution in [0.5, 0.6) is 0 Å². The molecular weight excluding hydrogens is 252 g/mol. The number of nitrogens with one attached hydrogen (secondary N) is 2. The van der Waals surface area contributed by atoms with Crippen molar-refractivity contribution in [2.45, 2.75) is 13.1 Å². The highest BCUT2D eigenvalue weighted by atomic mass is 15.1. The summed E-state index contributed by atoms with van der Waals surface area (Å²) in [5, 5.41) is 10.5. The average molecular weight is 266 g/mol. The zero-order valence-electron chi connectivity index (χ0n) is 10.8. The Kier molecular flexibility index (Phi) is 3.75. The molecule has 0 unspecified atom stereocenters. The first-order valence-electron chi connectivity index (χ1n) is 6.32. The van der Waals surface area contributed by atoms with Crippen molar-refractivity contribution in [1.29, 1.82) is 0 Å². The fourth-order valence-corrected chi connectivity index (χ4v) is 1.95. The van der Waals surface area contributed by atoms with Gasteiger partial charge in [-0.15, -0.1) is 0 Å². The second kappa shape index (κ2) is 6.03. The van der Waals surface area contributed by atoms with Crippen LogP contribution in [0.15, 0.2) is 49.3 Å². The Labute approximate surface area is 116 Å². The number of aromatic amines is 1. The number of nitrogens with zero attached hydrogens (tertiary/aromatic N) is 4. The maximum Gasteiger partial charge on any atom is 0.115 e. The van der Waals surface area contributed by atoms with Crippen molar-refractivity contribution in [1.82, 2.24) is 30.5 Å². The van der Waals surface area contributed by atoms with Crippen LogP contribution in [-0.4, -0.2) is 25.1 Å². The van der Waals surface area contributed by atoms with Gasteiger partial charge in [0.1, 0.15) is 6.33 Å². The quantitative estimate of drug-likeness (QED) is 0.732. The smallest absolute Gasteiger partial charge is 0.115 e. The zero-order chi connectivity index (χ0) is 13.6. The molecule has 2 N–H and O–H groups in total. The number of H-pyrrole nitrogens is 1. The van der Waals surface area contributed by atoms with Crippen LogP contribution in [0, 0.1) is 0 Å². The van der Waals surface area contributed by atoms with Gasteiger partial charge in [0.15, 0.2) is 0 Å². The summed E-state index contributed by atoms with van der Waals surface area (Å²) in [6.45, 7) is 1.41. The van der Waals surface area contributed by atoms with Crippen LogP contribution in [-0.2, 0) is 13.1 Å². The van der Waals surface area contributed by atoms with Gasteiger partial charge in [0.2, 0.25) is 0 Å². The van der Waals surface area contributed by atoms with E-state index in [1.165, 1.54) is 0 Å². The Morgan fingerprint density at radius 3 is 2.85 bits per heavy atom. The average Bonchev–Trinajstić information content (AvgIpc) is 2.98. The number of pyridine rings is 1. The van der Waals surface area contributed by atoms with E-state index in [4.69, 9.17) is 0 Å². The number of hydrogen-bond donors (Lipinski definition) is 2. The highest BCUT2D eigenvalue weighted by Crippen LogP contribution is 2.19. The molecule has 3 heterocycles. The Hall–Kier alpha value is -2.60. The predicted molar refractivity (Wildman–Crippen MR) is 74.4 cm³/mol. The van der Waals surface area contributed by atoms with Crippen molar-refractivity contribution in [2.24, 2.45) is 0 Å². The molecule has 0 aromatic carbocycles. The third kappa shape index (κ3) is 2.86. The molecule has 3 aromatic heterocycles. The summed E-state index contributed by atoms with van der Waals surface area (Å²) in [5.41, 5.74) is 4.09. The van der Waals surface area contributed by atoms with Crippen molar-refractivity contribution in [3.8, 4) is 11.3 Å². The van der Waals surface area contributed by atoms with Crippen LogP contribution in [0.1, 0.15) is 11.3 Å². The topological polar surface area (TPSA) is 79.4 Å². The van der Waals surface area contributed by atoms with Crippen molar-refractivity contribution < 1.29 is 0 Å². The standard InChI is InChI=1S/C14H14N6/c1-2-11(6-15-4-1)14-12(8-19-20-14)7-17-9-13-3-5-16-10-18-13/h1-6,8,10,17H,7,9H2,(H,19,20). The van der Waals surface area contributed by atoms with E-state index in [0.29, 0.717) is 13.1 Å². The summed E-state index contributed by atoms with van der Waals surface area (Å²) in [5.74, 6) is 0. The second-order valence-electron chi connectivity index (χ2n) is 4.32. The van der Waals surface area contributed by atoms with Gasteiger partial charge in [0.25, 0.3) is 0 Å². The summed E-state index contributed by atoms with van der Waals surface area (Å²) in [7, 11) is 0. The fraction of sp³-hybridized carbons (Fsp3) is 0.143. The maximum atomic E-state index is 4.17. The summed E-state index contributed by atoms with van der Waals surface area (Å²) in [6, 6.07) is 5.81. The number of rotatable bonds is 5. The van der Waals surface area contributed by atoms with Gasteiger partial charge in [0, 0.05) is 42.8 Å². The Morgan fingerprint density at radius 2 is 2.05 bits per heavy atom. The summed E-state index contributed by atoms with van der Waals surface area (Å²) < 4.78 is 0. The summed E-state index contributed by atoms with van der Waals surface area (Å²) in [6.07, 6.45) is 8.70. The molecule has 0 aliphatic carbocycles. The van der Waals surface area contributed by atoms with E-state index in [2.05, 4.69) is 30.5 Å². The third-order valence-corrected chi connectivity index (χ3v) is 2.93. The lowest BCUT2D eigenvalue weighted by Crippen LogP contribution is -2.13. The van der Waals surface area contributed by atoms with E-state index >= 15 is 0 Å². The van der Waals surface area contributed by atoms with Crippen molar-refractivity contribution in [3.63, 3.8) is 0 Å². The van der Waals surface area contributed by atoms with Crippen LogP contribution in [0.25, 0.3) is 11.3 Å². The lowest BCUT2D eigenvalue weighted by atomic mass is 10.1. The zero-order valence-corrected chi connectivity index (χ0v) is 10.8. The maximum absolute atomic E-state index is 4.17. The highest BCUT2D eigenvalue weighted by molar-refractivity contribution is 5.61. The highest BCUT2D eigenvalue weighted by Gasteiger charge is 2.07. The molecule has 0 radical (unpaired) electrons. The first-order chi connectivity index (χ1) is 9.93. The van der Waals surface area contributed by atoms with Gasteiger partial charge in [-0.25, -0.2) is 9.97 Å². The van der Waals surface area contributed by atoms with E-state index in [1.807, 2.05) is 30.6 Å². The molecule has 6 nitrogen and oxygen atoms in total. The first-order valence-corrected chi connectivity index (χ1v) is 6.32. The molecule has 3 rings (SSSR count). The molecule has 6 heteroatoms. The van der Waals surface area contributed by atoms with Gasteiger partial charge in [-0.2, -0.15) is 5.10 Å². The minimum absolute atomic E-state index is 0.695. The van der Waals surface area contributed by atoms with E-state index < -0.39 is 0 Å². The SMILES string of the molecule is c1cncc(-c2[nH]ncc2CNCc2ccncn2)c1. The number of aromatic nitrogens is 5. The van der Waals surface area contributed by atoms with Crippen LogP contribution < -0.4 is 5.32 Å². The molecule has 3 aromatic rings. The monoisotopic (exact) mass is 266 g/mol. The van der Waals surface area contributed by atoms with Gasteiger partial charge in [-0.1, -0.05) is 0 Å². The Balaban J connectivity index is 1.66. The molecule has 0 atom stereocenters. The van der Waals surface area contributed by atoms with Gasteiger partial charge >= 0.3 is 0 Å². The van der Waals surface area contributed by atoms with Crippen LogP contribution in [0.3, 0.4) is 0 Å². The first kappa shape index (κ1) is 12.4.